The highest BCUT2D eigenvalue weighted by Crippen LogP contribution is 2.40. The van der Waals surface area contributed by atoms with E-state index in [9.17, 15) is 18.0 Å². The van der Waals surface area contributed by atoms with Gasteiger partial charge < -0.3 is 0 Å². The van der Waals surface area contributed by atoms with Crippen LogP contribution in [0.4, 0.5) is 13.2 Å². The molecule has 5 heteroatoms. The Morgan fingerprint density at radius 1 is 1.05 bits per heavy atom. The van der Waals surface area contributed by atoms with Crippen LogP contribution in [0.25, 0.3) is 0 Å². The highest BCUT2D eigenvalue weighted by atomic mass is 35.5. The SMILES string of the molecule is CC(C)c1c(C(=O)Cl)ccc(C(F)(F)F)c1C(C)C. The fourth-order valence-corrected chi connectivity index (χ4v) is 2.46. The molecule has 0 aliphatic carbocycles. The molecule has 1 rings (SSSR count). The van der Waals surface area contributed by atoms with Crippen LogP contribution in [0.5, 0.6) is 0 Å². The standard InChI is InChI=1S/C14H16ClF3O/c1-7(2)11-9(13(15)19)5-6-10(14(16,17)18)12(11)8(3)4/h5-8H,1-4H3. The van der Waals surface area contributed by atoms with E-state index in [0.29, 0.717) is 5.56 Å². The molecule has 0 aromatic heterocycles. The number of carbonyl (C=O) groups excluding carboxylic acids is 1. The van der Waals surface area contributed by atoms with Gasteiger partial charge in [-0.15, -0.1) is 0 Å². The van der Waals surface area contributed by atoms with Crippen LogP contribution < -0.4 is 0 Å². The van der Waals surface area contributed by atoms with Crippen molar-refractivity contribution in [1.29, 1.82) is 0 Å². The fraction of sp³-hybridized carbons (Fsp3) is 0.500. The average molecular weight is 293 g/mol. The second-order valence-electron chi connectivity index (χ2n) is 5.07. The topological polar surface area (TPSA) is 17.1 Å². The van der Waals surface area contributed by atoms with E-state index in [2.05, 4.69) is 0 Å². The first-order chi connectivity index (χ1) is 8.57. The molecule has 0 heterocycles. The highest BCUT2D eigenvalue weighted by molar-refractivity contribution is 6.68. The smallest absolute Gasteiger partial charge is 0.276 e. The molecular weight excluding hydrogens is 277 g/mol. The third kappa shape index (κ3) is 3.30. The summed E-state index contributed by atoms with van der Waals surface area (Å²) in [4.78, 5) is 11.4. The van der Waals surface area contributed by atoms with E-state index in [1.165, 1.54) is 6.07 Å². The molecule has 0 unspecified atom stereocenters. The number of halogens is 4. The first kappa shape index (κ1) is 16.0. The van der Waals surface area contributed by atoms with Crippen LogP contribution in [0.2, 0.25) is 0 Å². The molecule has 0 saturated heterocycles. The van der Waals surface area contributed by atoms with Gasteiger partial charge in [-0.3, -0.25) is 4.79 Å². The van der Waals surface area contributed by atoms with Crippen molar-refractivity contribution in [1.82, 2.24) is 0 Å². The van der Waals surface area contributed by atoms with E-state index >= 15 is 0 Å². The molecule has 0 bridgehead atoms. The van der Waals surface area contributed by atoms with Crippen molar-refractivity contribution in [2.24, 2.45) is 0 Å². The van der Waals surface area contributed by atoms with E-state index in [1.807, 2.05) is 0 Å². The van der Waals surface area contributed by atoms with Crippen LogP contribution in [0.1, 0.15) is 66.6 Å². The summed E-state index contributed by atoms with van der Waals surface area (Å²) in [7, 11) is 0. The van der Waals surface area contributed by atoms with Crippen molar-refractivity contribution in [3.05, 3.63) is 34.4 Å². The molecule has 0 fully saturated rings. The van der Waals surface area contributed by atoms with Gasteiger partial charge in [-0.2, -0.15) is 13.2 Å². The van der Waals surface area contributed by atoms with Crippen LogP contribution in [0.3, 0.4) is 0 Å². The molecule has 1 aromatic carbocycles. The molecule has 0 saturated carbocycles. The quantitative estimate of drug-likeness (QED) is 0.688. The number of carbonyl (C=O) groups is 1. The predicted molar refractivity (Wildman–Crippen MR) is 69.8 cm³/mol. The molecule has 0 aliphatic rings. The Hall–Kier alpha value is -1.03. The maximum absolute atomic E-state index is 13.1. The van der Waals surface area contributed by atoms with E-state index in [-0.39, 0.29) is 23.0 Å². The molecule has 0 radical (unpaired) electrons. The fourth-order valence-electron chi connectivity index (χ4n) is 2.30. The van der Waals surface area contributed by atoms with Crippen molar-refractivity contribution >= 4 is 16.8 Å². The Balaban J connectivity index is 3.74. The zero-order valence-corrected chi connectivity index (χ0v) is 12.0. The van der Waals surface area contributed by atoms with E-state index < -0.39 is 17.0 Å². The molecule has 0 amide bonds. The summed E-state index contributed by atoms with van der Waals surface area (Å²) >= 11 is 5.48. The average Bonchev–Trinajstić information content (AvgIpc) is 2.25. The van der Waals surface area contributed by atoms with Gasteiger partial charge in [-0.05, 0) is 46.7 Å². The lowest BCUT2D eigenvalue weighted by atomic mass is 9.83. The van der Waals surface area contributed by atoms with Gasteiger partial charge in [0.05, 0.1) is 5.56 Å². The third-order valence-corrected chi connectivity index (χ3v) is 3.16. The summed E-state index contributed by atoms with van der Waals surface area (Å²) in [6.07, 6.45) is -4.43. The molecule has 1 aromatic rings. The monoisotopic (exact) mass is 292 g/mol. The summed E-state index contributed by atoms with van der Waals surface area (Å²) in [5, 5.41) is -0.723. The van der Waals surface area contributed by atoms with Crippen molar-refractivity contribution in [2.45, 2.75) is 45.7 Å². The number of alkyl halides is 3. The van der Waals surface area contributed by atoms with Crippen LogP contribution in [-0.2, 0) is 6.18 Å². The van der Waals surface area contributed by atoms with Gasteiger partial charge in [0.15, 0.2) is 0 Å². The van der Waals surface area contributed by atoms with Gasteiger partial charge in [0.1, 0.15) is 0 Å². The van der Waals surface area contributed by atoms with Crippen molar-refractivity contribution < 1.29 is 18.0 Å². The molecular formula is C14H16ClF3O. The third-order valence-electron chi connectivity index (χ3n) is 2.96. The predicted octanol–water partition coefficient (Wildman–Crippen LogP) is 5.33. The first-order valence-electron chi connectivity index (χ1n) is 6.01. The van der Waals surface area contributed by atoms with E-state index in [0.717, 1.165) is 6.07 Å². The normalized spacial score (nSPS) is 12.3. The zero-order valence-electron chi connectivity index (χ0n) is 11.2. The number of hydrogen-bond donors (Lipinski definition) is 0. The van der Waals surface area contributed by atoms with Gasteiger partial charge >= 0.3 is 6.18 Å². The minimum absolute atomic E-state index is 0.161. The summed E-state index contributed by atoms with van der Waals surface area (Å²) in [6, 6.07) is 2.11. The number of benzene rings is 1. The molecule has 0 atom stereocenters. The van der Waals surface area contributed by atoms with E-state index in [1.54, 1.807) is 27.7 Å². The Bertz CT molecular complexity index is 490. The van der Waals surface area contributed by atoms with Crippen LogP contribution >= 0.6 is 11.6 Å². The summed E-state index contributed by atoms with van der Waals surface area (Å²) < 4.78 is 39.2. The Morgan fingerprint density at radius 2 is 1.53 bits per heavy atom. The van der Waals surface area contributed by atoms with Gasteiger partial charge in [-0.25, -0.2) is 0 Å². The summed E-state index contributed by atoms with van der Waals surface area (Å²) in [5.74, 6) is -0.553. The van der Waals surface area contributed by atoms with Crippen LogP contribution in [0.15, 0.2) is 12.1 Å². The van der Waals surface area contributed by atoms with Gasteiger partial charge in [0.2, 0.25) is 0 Å². The molecule has 19 heavy (non-hydrogen) atoms. The lowest BCUT2D eigenvalue weighted by Crippen LogP contribution is -2.16. The molecule has 0 spiro atoms. The lowest BCUT2D eigenvalue weighted by Gasteiger charge is -2.23. The minimum Gasteiger partial charge on any atom is -0.276 e. The van der Waals surface area contributed by atoms with E-state index in [4.69, 9.17) is 11.6 Å². The first-order valence-corrected chi connectivity index (χ1v) is 6.39. The molecule has 1 nitrogen and oxygen atoms in total. The zero-order chi connectivity index (χ0) is 15.0. The minimum atomic E-state index is -4.43. The molecule has 106 valence electrons. The number of rotatable bonds is 3. The second-order valence-corrected chi connectivity index (χ2v) is 5.41. The Morgan fingerprint density at radius 3 is 1.84 bits per heavy atom. The largest absolute Gasteiger partial charge is 0.416 e. The van der Waals surface area contributed by atoms with Crippen LogP contribution in [0, 0.1) is 0 Å². The van der Waals surface area contributed by atoms with Crippen molar-refractivity contribution in [3.8, 4) is 0 Å². The molecule has 0 N–H and O–H groups in total. The van der Waals surface area contributed by atoms with Gasteiger partial charge in [-0.1, -0.05) is 27.7 Å². The summed E-state index contributed by atoms with van der Waals surface area (Å²) in [5.41, 5.74) is 0.0278. The Labute approximate surface area is 115 Å². The second kappa shape index (κ2) is 5.53. The maximum Gasteiger partial charge on any atom is 0.416 e. The van der Waals surface area contributed by atoms with Gasteiger partial charge in [0, 0.05) is 5.56 Å². The number of hydrogen-bond acceptors (Lipinski definition) is 1. The van der Waals surface area contributed by atoms with Crippen LogP contribution in [-0.4, -0.2) is 5.24 Å². The van der Waals surface area contributed by atoms with Crippen molar-refractivity contribution in [2.75, 3.05) is 0 Å². The summed E-state index contributed by atoms with van der Waals surface area (Å²) in [6.45, 7) is 6.87. The lowest BCUT2D eigenvalue weighted by molar-refractivity contribution is -0.138. The Kier molecular flexibility index (Phi) is 4.67. The van der Waals surface area contributed by atoms with Crippen molar-refractivity contribution in [3.63, 3.8) is 0 Å². The maximum atomic E-state index is 13.1. The van der Waals surface area contributed by atoms with Gasteiger partial charge in [0.25, 0.3) is 5.24 Å². The molecule has 0 aliphatic heterocycles. The highest BCUT2D eigenvalue weighted by Gasteiger charge is 2.36.